The lowest BCUT2D eigenvalue weighted by atomic mass is 9.96. The van der Waals surface area contributed by atoms with E-state index in [-0.39, 0.29) is 21.5 Å². The van der Waals surface area contributed by atoms with Crippen molar-refractivity contribution in [1.29, 1.82) is 0 Å². The lowest BCUT2D eigenvalue weighted by Crippen LogP contribution is -2.36. The summed E-state index contributed by atoms with van der Waals surface area (Å²) in [6.45, 7) is 5.17. The monoisotopic (exact) mass is 478 g/mol. The molecule has 32 heavy (non-hydrogen) atoms. The second kappa shape index (κ2) is 10.7. The van der Waals surface area contributed by atoms with E-state index in [1.54, 1.807) is 7.11 Å². The van der Waals surface area contributed by atoms with Crippen molar-refractivity contribution in [1.82, 2.24) is 9.62 Å². The number of sulfonamides is 1. The predicted octanol–water partition coefficient (Wildman–Crippen LogP) is 5.04. The van der Waals surface area contributed by atoms with E-state index in [1.807, 2.05) is 24.3 Å². The van der Waals surface area contributed by atoms with E-state index in [9.17, 15) is 13.2 Å². The molecule has 8 heteroatoms. The molecule has 1 heterocycles. The van der Waals surface area contributed by atoms with Gasteiger partial charge in [-0.3, -0.25) is 4.79 Å². The van der Waals surface area contributed by atoms with Crippen LogP contribution in [-0.4, -0.2) is 38.8 Å². The molecule has 1 saturated heterocycles. The summed E-state index contributed by atoms with van der Waals surface area (Å²) >= 11 is 6.32. The number of carbonyl (C=O) groups is 1. The Morgan fingerprint density at radius 3 is 2.34 bits per heavy atom. The van der Waals surface area contributed by atoms with E-state index in [4.69, 9.17) is 16.3 Å². The van der Waals surface area contributed by atoms with Gasteiger partial charge in [-0.15, -0.1) is 0 Å². The Hall–Kier alpha value is -2.09. The molecule has 0 bridgehead atoms. The third-order valence-electron chi connectivity index (χ3n) is 5.67. The first-order valence-corrected chi connectivity index (χ1v) is 12.8. The average molecular weight is 479 g/mol. The van der Waals surface area contributed by atoms with Crippen LogP contribution in [0, 0.1) is 5.92 Å². The van der Waals surface area contributed by atoms with E-state index in [0.717, 1.165) is 37.0 Å². The van der Waals surface area contributed by atoms with E-state index < -0.39 is 15.9 Å². The molecule has 1 fully saturated rings. The van der Waals surface area contributed by atoms with Crippen molar-refractivity contribution in [2.75, 3.05) is 20.2 Å². The number of benzene rings is 2. The molecule has 3 rings (SSSR count). The van der Waals surface area contributed by atoms with Crippen molar-refractivity contribution in [3.63, 3.8) is 0 Å². The summed E-state index contributed by atoms with van der Waals surface area (Å²) in [5.41, 5.74) is 1.10. The standard InChI is InChI=1S/C24H31ClN2O4S/c1-17(2)15-23(18-7-9-19(31-3)10-8-18)26-24(28)21-16-20(11-12-22(21)25)32(29,30)27-13-5-4-6-14-27/h7-12,16-17,23H,4-6,13-15H2,1-3H3,(H,26,28)/t23-/m0/s1. The molecule has 1 N–H and O–H groups in total. The highest BCUT2D eigenvalue weighted by molar-refractivity contribution is 7.89. The van der Waals surface area contributed by atoms with Crippen LogP contribution in [0.25, 0.3) is 0 Å². The van der Waals surface area contributed by atoms with Gasteiger partial charge in [0.05, 0.1) is 28.6 Å². The van der Waals surface area contributed by atoms with Gasteiger partial charge < -0.3 is 10.1 Å². The summed E-state index contributed by atoms with van der Waals surface area (Å²) in [5.74, 6) is 0.679. The highest BCUT2D eigenvalue weighted by Gasteiger charge is 2.28. The van der Waals surface area contributed by atoms with Gasteiger partial charge in [-0.2, -0.15) is 4.31 Å². The van der Waals surface area contributed by atoms with Crippen LogP contribution < -0.4 is 10.1 Å². The maximum absolute atomic E-state index is 13.2. The fraction of sp³-hybridized carbons (Fsp3) is 0.458. The number of nitrogens with one attached hydrogen (secondary N) is 1. The fourth-order valence-electron chi connectivity index (χ4n) is 3.92. The van der Waals surface area contributed by atoms with Crippen molar-refractivity contribution < 1.29 is 17.9 Å². The average Bonchev–Trinajstić information content (AvgIpc) is 2.79. The molecule has 0 aliphatic carbocycles. The second-order valence-corrected chi connectivity index (χ2v) is 10.9. The quantitative estimate of drug-likeness (QED) is 0.576. The van der Waals surface area contributed by atoms with E-state index >= 15 is 0 Å². The molecule has 0 unspecified atom stereocenters. The number of hydrogen-bond donors (Lipinski definition) is 1. The van der Waals surface area contributed by atoms with Crippen LogP contribution in [0.15, 0.2) is 47.4 Å². The Labute approximate surface area is 196 Å². The van der Waals surface area contributed by atoms with Crippen LogP contribution in [0.5, 0.6) is 5.75 Å². The van der Waals surface area contributed by atoms with E-state index in [1.165, 1.54) is 22.5 Å². The summed E-state index contributed by atoms with van der Waals surface area (Å²) in [6.07, 6.45) is 3.45. The van der Waals surface area contributed by atoms with Gasteiger partial charge in [0.15, 0.2) is 0 Å². The number of ether oxygens (including phenoxy) is 1. The number of methoxy groups -OCH3 is 1. The van der Waals surface area contributed by atoms with Gasteiger partial charge in [0.1, 0.15) is 5.75 Å². The van der Waals surface area contributed by atoms with E-state index in [2.05, 4.69) is 19.2 Å². The third-order valence-corrected chi connectivity index (χ3v) is 7.89. The Balaban J connectivity index is 1.86. The molecule has 6 nitrogen and oxygen atoms in total. The van der Waals surface area contributed by atoms with Gasteiger partial charge in [0.2, 0.25) is 10.0 Å². The fourth-order valence-corrected chi connectivity index (χ4v) is 5.66. The van der Waals surface area contributed by atoms with Gasteiger partial charge in [0.25, 0.3) is 5.91 Å². The Bertz CT molecular complexity index is 1030. The van der Waals surface area contributed by atoms with Gasteiger partial charge in [-0.1, -0.05) is 44.0 Å². The second-order valence-electron chi connectivity index (χ2n) is 8.54. The maximum Gasteiger partial charge on any atom is 0.253 e. The minimum Gasteiger partial charge on any atom is -0.497 e. The largest absolute Gasteiger partial charge is 0.497 e. The van der Waals surface area contributed by atoms with Gasteiger partial charge >= 0.3 is 0 Å². The number of piperidine rings is 1. The van der Waals surface area contributed by atoms with Crippen molar-refractivity contribution in [2.24, 2.45) is 5.92 Å². The highest BCUT2D eigenvalue weighted by atomic mass is 35.5. The smallest absolute Gasteiger partial charge is 0.253 e. The molecule has 0 saturated carbocycles. The molecule has 174 valence electrons. The molecule has 0 radical (unpaired) electrons. The minimum atomic E-state index is -3.66. The molecule has 0 spiro atoms. The normalized spacial score (nSPS) is 16.0. The van der Waals surface area contributed by atoms with Gasteiger partial charge in [-0.25, -0.2) is 8.42 Å². The van der Waals surface area contributed by atoms with Gasteiger partial charge in [0, 0.05) is 13.1 Å². The summed E-state index contributed by atoms with van der Waals surface area (Å²) in [6, 6.07) is 11.7. The van der Waals surface area contributed by atoms with Gasteiger partial charge in [-0.05, 0) is 61.1 Å². The van der Waals surface area contributed by atoms with Crippen molar-refractivity contribution in [2.45, 2.75) is 50.5 Å². The molecule has 1 amide bonds. The zero-order chi connectivity index (χ0) is 23.3. The van der Waals surface area contributed by atoms with Crippen molar-refractivity contribution in [3.05, 3.63) is 58.6 Å². The summed E-state index contributed by atoms with van der Waals surface area (Å²) in [7, 11) is -2.05. The Morgan fingerprint density at radius 1 is 1.09 bits per heavy atom. The minimum absolute atomic E-state index is 0.0961. The van der Waals surface area contributed by atoms with Crippen LogP contribution in [-0.2, 0) is 10.0 Å². The highest BCUT2D eigenvalue weighted by Crippen LogP contribution is 2.28. The SMILES string of the molecule is COc1ccc([C@H](CC(C)C)NC(=O)c2cc(S(=O)(=O)N3CCCCC3)ccc2Cl)cc1. The lowest BCUT2D eigenvalue weighted by Gasteiger charge is -2.26. The first-order chi connectivity index (χ1) is 15.2. The summed E-state index contributed by atoms with van der Waals surface area (Å²) in [4.78, 5) is 13.3. The first-order valence-electron chi connectivity index (χ1n) is 11.0. The summed E-state index contributed by atoms with van der Waals surface area (Å²) < 4.78 is 32.8. The van der Waals surface area contributed by atoms with E-state index in [0.29, 0.717) is 19.0 Å². The first kappa shape index (κ1) is 24.6. The van der Waals surface area contributed by atoms with Crippen molar-refractivity contribution in [3.8, 4) is 5.75 Å². The lowest BCUT2D eigenvalue weighted by molar-refractivity contribution is 0.0932. The maximum atomic E-state index is 13.2. The zero-order valence-electron chi connectivity index (χ0n) is 18.8. The van der Waals surface area contributed by atoms with Crippen LogP contribution >= 0.6 is 11.6 Å². The number of halogens is 1. The van der Waals surface area contributed by atoms with Crippen LogP contribution in [0.2, 0.25) is 5.02 Å². The number of carbonyl (C=O) groups excluding carboxylic acids is 1. The van der Waals surface area contributed by atoms with Crippen molar-refractivity contribution >= 4 is 27.5 Å². The molecule has 2 aromatic rings. The number of nitrogens with zero attached hydrogens (tertiary/aromatic N) is 1. The zero-order valence-corrected chi connectivity index (χ0v) is 20.4. The molecule has 1 aliphatic heterocycles. The predicted molar refractivity (Wildman–Crippen MR) is 127 cm³/mol. The molecule has 1 aliphatic rings. The topological polar surface area (TPSA) is 75.7 Å². The molecule has 0 aromatic heterocycles. The van der Waals surface area contributed by atoms with Crippen LogP contribution in [0.3, 0.4) is 0 Å². The molecular formula is C24H31ClN2O4S. The summed E-state index contributed by atoms with van der Waals surface area (Å²) in [5, 5.41) is 3.27. The number of rotatable bonds is 8. The molecule has 2 aromatic carbocycles. The Kier molecular flexibility index (Phi) is 8.20. The molecular weight excluding hydrogens is 448 g/mol. The number of amides is 1. The Morgan fingerprint density at radius 2 is 1.75 bits per heavy atom. The van der Waals surface area contributed by atoms with Crippen LogP contribution in [0.4, 0.5) is 0 Å². The third kappa shape index (κ3) is 5.82. The number of hydrogen-bond acceptors (Lipinski definition) is 4. The molecule has 1 atom stereocenters. The van der Waals surface area contributed by atoms with Crippen LogP contribution in [0.1, 0.15) is 61.5 Å².